The zero-order valence-corrected chi connectivity index (χ0v) is 19.8. The number of benzene rings is 1. The van der Waals surface area contributed by atoms with Gasteiger partial charge in [-0.2, -0.15) is 4.98 Å². The minimum Gasteiger partial charge on any atom is -0.356 e. The number of rotatable bonds is 9. The molecule has 0 aliphatic rings. The minimum atomic E-state index is -0.0750. The van der Waals surface area contributed by atoms with Crippen molar-refractivity contribution in [1.82, 2.24) is 26.1 Å². The third kappa shape index (κ3) is 8.38. The van der Waals surface area contributed by atoms with Gasteiger partial charge in [0.15, 0.2) is 11.8 Å². The summed E-state index contributed by atoms with van der Waals surface area (Å²) in [6.45, 7) is 5.56. The van der Waals surface area contributed by atoms with E-state index < -0.39 is 0 Å². The Morgan fingerprint density at radius 1 is 1.21 bits per heavy atom. The lowest BCUT2D eigenvalue weighted by Crippen LogP contribution is -2.38. The number of carbonyl (C=O) groups is 1. The number of nitrogens with zero attached hydrogens (tertiary/aromatic N) is 3. The van der Waals surface area contributed by atoms with E-state index in [-0.39, 0.29) is 35.8 Å². The first kappa shape index (κ1) is 24.9. The van der Waals surface area contributed by atoms with Crippen molar-refractivity contribution in [2.45, 2.75) is 39.0 Å². The van der Waals surface area contributed by atoms with Gasteiger partial charge < -0.3 is 20.5 Å². The van der Waals surface area contributed by atoms with E-state index in [1.807, 2.05) is 38.1 Å². The molecule has 160 valence electrons. The highest BCUT2D eigenvalue weighted by atomic mass is 127. The number of hydrogen-bond donors (Lipinski definition) is 3. The second-order valence-corrected chi connectivity index (χ2v) is 6.76. The average molecular weight is 514 g/mol. The van der Waals surface area contributed by atoms with Crippen LogP contribution in [0.2, 0.25) is 0 Å². The van der Waals surface area contributed by atoms with Crippen LogP contribution in [0.25, 0.3) is 0 Å². The Kier molecular flexibility index (Phi) is 11.3. The van der Waals surface area contributed by atoms with Gasteiger partial charge in [-0.1, -0.05) is 31.1 Å². The number of nitrogens with one attached hydrogen (secondary N) is 3. The summed E-state index contributed by atoms with van der Waals surface area (Å²) in [6.07, 6.45) is 2.40. The Morgan fingerprint density at radius 2 is 1.97 bits per heavy atom. The van der Waals surface area contributed by atoms with Crippen LogP contribution in [0, 0.1) is 0 Å². The summed E-state index contributed by atoms with van der Waals surface area (Å²) in [5.41, 5.74) is 1.77. The monoisotopic (exact) mass is 514 g/mol. The number of guanidine groups is 1. The highest BCUT2D eigenvalue weighted by Crippen LogP contribution is 2.10. The lowest BCUT2D eigenvalue weighted by Gasteiger charge is -2.11. The minimum absolute atomic E-state index is 0. The summed E-state index contributed by atoms with van der Waals surface area (Å²) < 4.78 is 5.24. The van der Waals surface area contributed by atoms with Crippen LogP contribution in [-0.2, 0) is 12.8 Å². The van der Waals surface area contributed by atoms with Crippen molar-refractivity contribution >= 4 is 35.8 Å². The maximum Gasteiger partial charge on any atom is 0.251 e. The Bertz CT molecular complexity index is 791. The molecule has 0 fully saturated rings. The van der Waals surface area contributed by atoms with E-state index in [9.17, 15) is 4.79 Å². The van der Waals surface area contributed by atoms with Crippen molar-refractivity contribution in [3.8, 4) is 0 Å². The highest BCUT2D eigenvalue weighted by Gasteiger charge is 2.09. The van der Waals surface area contributed by atoms with Crippen molar-refractivity contribution in [2.24, 2.45) is 4.99 Å². The second-order valence-electron chi connectivity index (χ2n) is 6.76. The molecule has 0 atom stereocenters. The van der Waals surface area contributed by atoms with Gasteiger partial charge in [0.05, 0.1) is 0 Å². The molecule has 9 heteroatoms. The van der Waals surface area contributed by atoms with Gasteiger partial charge >= 0.3 is 0 Å². The van der Waals surface area contributed by atoms with Crippen molar-refractivity contribution in [3.05, 3.63) is 47.1 Å². The van der Waals surface area contributed by atoms with E-state index in [1.54, 1.807) is 14.1 Å². The van der Waals surface area contributed by atoms with Gasteiger partial charge in [-0.15, -0.1) is 24.0 Å². The Hall–Kier alpha value is -2.17. The van der Waals surface area contributed by atoms with Crippen LogP contribution in [0.4, 0.5) is 0 Å². The predicted octanol–water partition coefficient (Wildman–Crippen LogP) is 2.51. The van der Waals surface area contributed by atoms with E-state index in [2.05, 4.69) is 31.1 Å². The zero-order valence-electron chi connectivity index (χ0n) is 17.5. The largest absolute Gasteiger partial charge is 0.356 e. The number of halogens is 1. The summed E-state index contributed by atoms with van der Waals surface area (Å²) in [5, 5.41) is 13.2. The number of aromatic nitrogens is 2. The fourth-order valence-corrected chi connectivity index (χ4v) is 2.61. The standard InChI is InChI=1S/C20H30N6O2.HI/c1-14(2)18-25-17(28-26-18)9-6-11-23-20(22-4)24-12-10-15-7-5-8-16(13-15)19(27)21-3;/h5,7-8,13-14H,6,9-12H2,1-4H3,(H,21,27)(H2,22,23,24);1H. The number of aliphatic imine (C=N–C) groups is 1. The summed E-state index contributed by atoms with van der Waals surface area (Å²) in [6, 6.07) is 7.63. The Morgan fingerprint density at radius 3 is 2.62 bits per heavy atom. The van der Waals surface area contributed by atoms with E-state index in [1.165, 1.54) is 0 Å². The SMILES string of the molecule is CN=C(NCCCc1nc(C(C)C)no1)NCCc1cccc(C(=O)NC)c1.I. The first-order valence-corrected chi connectivity index (χ1v) is 9.61. The van der Waals surface area contributed by atoms with Crippen LogP contribution in [0.3, 0.4) is 0 Å². The summed E-state index contributed by atoms with van der Waals surface area (Å²) >= 11 is 0. The van der Waals surface area contributed by atoms with Crippen molar-refractivity contribution in [1.29, 1.82) is 0 Å². The van der Waals surface area contributed by atoms with Gasteiger partial charge in [0.25, 0.3) is 5.91 Å². The number of hydrogen-bond acceptors (Lipinski definition) is 5. The van der Waals surface area contributed by atoms with Crippen LogP contribution in [0.5, 0.6) is 0 Å². The third-order valence-corrected chi connectivity index (χ3v) is 4.21. The molecule has 0 aliphatic carbocycles. The van der Waals surface area contributed by atoms with E-state index >= 15 is 0 Å². The highest BCUT2D eigenvalue weighted by molar-refractivity contribution is 14.0. The lowest BCUT2D eigenvalue weighted by molar-refractivity contribution is 0.0963. The lowest BCUT2D eigenvalue weighted by atomic mass is 10.1. The van der Waals surface area contributed by atoms with Gasteiger partial charge in [0, 0.05) is 45.1 Å². The molecule has 1 heterocycles. The van der Waals surface area contributed by atoms with Crippen LogP contribution in [-0.4, -0.2) is 49.2 Å². The maximum atomic E-state index is 11.7. The first-order valence-electron chi connectivity index (χ1n) is 9.61. The van der Waals surface area contributed by atoms with E-state index in [4.69, 9.17) is 4.52 Å². The zero-order chi connectivity index (χ0) is 20.4. The molecular formula is C20H31IN6O2. The van der Waals surface area contributed by atoms with E-state index in [0.717, 1.165) is 49.7 Å². The Balaban J connectivity index is 0.00000420. The molecule has 8 nitrogen and oxygen atoms in total. The van der Waals surface area contributed by atoms with Crippen molar-refractivity contribution in [3.63, 3.8) is 0 Å². The fourth-order valence-electron chi connectivity index (χ4n) is 2.61. The number of amides is 1. The van der Waals surface area contributed by atoms with Crippen molar-refractivity contribution in [2.75, 3.05) is 27.2 Å². The van der Waals surface area contributed by atoms with Crippen LogP contribution in [0.1, 0.15) is 53.8 Å². The maximum absolute atomic E-state index is 11.7. The molecule has 3 N–H and O–H groups in total. The molecule has 29 heavy (non-hydrogen) atoms. The van der Waals surface area contributed by atoms with Gasteiger partial charge in [-0.3, -0.25) is 9.79 Å². The molecule has 1 aromatic carbocycles. The van der Waals surface area contributed by atoms with Gasteiger partial charge in [-0.05, 0) is 30.5 Å². The average Bonchev–Trinajstić information content (AvgIpc) is 3.18. The second kappa shape index (κ2) is 13.1. The molecule has 1 amide bonds. The van der Waals surface area contributed by atoms with Crippen LogP contribution in [0.15, 0.2) is 33.8 Å². The normalized spacial score (nSPS) is 11.1. The molecule has 2 aromatic rings. The van der Waals surface area contributed by atoms with Gasteiger partial charge in [0.2, 0.25) is 5.89 Å². The summed E-state index contributed by atoms with van der Waals surface area (Å²) in [7, 11) is 3.38. The van der Waals surface area contributed by atoms with E-state index in [0.29, 0.717) is 11.5 Å². The smallest absolute Gasteiger partial charge is 0.251 e. The van der Waals surface area contributed by atoms with Gasteiger partial charge in [0.1, 0.15) is 0 Å². The number of carbonyl (C=O) groups excluding carboxylic acids is 1. The molecule has 1 aromatic heterocycles. The van der Waals surface area contributed by atoms with Crippen LogP contribution < -0.4 is 16.0 Å². The molecule has 0 saturated carbocycles. The quantitative estimate of drug-likeness (QED) is 0.206. The molecule has 2 rings (SSSR count). The van der Waals surface area contributed by atoms with Gasteiger partial charge in [-0.25, -0.2) is 0 Å². The van der Waals surface area contributed by atoms with Crippen LogP contribution >= 0.6 is 24.0 Å². The Labute approximate surface area is 189 Å². The molecule has 0 spiro atoms. The third-order valence-electron chi connectivity index (χ3n) is 4.21. The summed E-state index contributed by atoms with van der Waals surface area (Å²) in [5.74, 6) is 2.37. The molecule has 0 bridgehead atoms. The number of aryl methyl sites for hydroxylation is 1. The molecule has 0 aliphatic heterocycles. The molecule has 0 saturated heterocycles. The first-order chi connectivity index (χ1) is 13.5. The topological polar surface area (TPSA) is 104 Å². The molecule has 0 radical (unpaired) electrons. The predicted molar refractivity (Wildman–Crippen MR) is 125 cm³/mol. The molecule has 0 unspecified atom stereocenters. The summed E-state index contributed by atoms with van der Waals surface area (Å²) in [4.78, 5) is 20.3. The van der Waals surface area contributed by atoms with Crippen molar-refractivity contribution < 1.29 is 9.32 Å². The fraction of sp³-hybridized carbons (Fsp3) is 0.500. The molecular weight excluding hydrogens is 483 g/mol.